The van der Waals surface area contributed by atoms with Crippen LogP contribution < -0.4 is 16.4 Å². The number of nitrogens with one attached hydrogen (secondary N) is 2. The lowest BCUT2D eigenvalue weighted by Gasteiger charge is -2.19. The minimum atomic E-state index is -0.564. The van der Waals surface area contributed by atoms with E-state index in [2.05, 4.69) is 10.6 Å². The molecule has 1 aromatic rings. The first kappa shape index (κ1) is 18.3. The molecule has 0 radical (unpaired) electrons. The number of carbonyl (C=O) groups is 2. The molecule has 2 amide bonds. The molecule has 0 bridgehead atoms. The van der Waals surface area contributed by atoms with Crippen LogP contribution in [-0.2, 0) is 16.1 Å². The van der Waals surface area contributed by atoms with Crippen molar-refractivity contribution >= 4 is 29.3 Å². The van der Waals surface area contributed by atoms with Crippen molar-refractivity contribution in [3.8, 4) is 0 Å². The van der Waals surface area contributed by atoms with Crippen molar-refractivity contribution in [1.82, 2.24) is 5.32 Å². The minimum absolute atomic E-state index is 0.129. The normalized spacial score (nSPS) is 11.0. The zero-order chi connectivity index (χ0) is 16.8. The Morgan fingerprint density at radius 1 is 1.27 bits per heavy atom. The molecule has 0 aromatic heterocycles. The van der Waals surface area contributed by atoms with E-state index in [0.29, 0.717) is 17.3 Å². The van der Waals surface area contributed by atoms with Gasteiger partial charge >= 0.3 is 6.09 Å². The number of benzene rings is 1. The lowest BCUT2D eigenvalue weighted by Crippen LogP contribution is -2.34. The quantitative estimate of drug-likeness (QED) is 0.775. The molecule has 1 rings (SSSR count). The number of alkyl carbamates (subject to hydrolysis) is 1. The van der Waals surface area contributed by atoms with E-state index in [9.17, 15) is 9.59 Å². The van der Waals surface area contributed by atoms with Gasteiger partial charge in [0.2, 0.25) is 5.91 Å². The van der Waals surface area contributed by atoms with Crippen molar-refractivity contribution in [3.63, 3.8) is 0 Å². The number of ether oxygens (including phenoxy) is 1. The highest BCUT2D eigenvalue weighted by atomic mass is 35.5. The van der Waals surface area contributed by atoms with Crippen LogP contribution in [0.1, 0.15) is 32.8 Å². The summed E-state index contributed by atoms with van der Waals surface area (Å²) >= 11 is 5.94. The zero-order valence-corrected chi connectivity index (χ0v) is 13.8. The van der Waals surface area contributed by atoms with E-state index in [1.165, 1.54) is 0 Å². The fourth-order valence-electron chi connectivity index (χ4n) is 1.66. The van der Waals surface area contributed by atoms with Gasteiger partial charge < -0.3 is 21.1 Å². The molecule has 0 saturated carbocycles. The monoisotopic (exact) mass is 327 g/mol. The van der Waals surface area contributed by atoms with Crippen LogP contribution in [0, 0.1) is 0 Å². The maximum atomic E-state index is 11.8. The average molecular weight is 328 g/mol. The molecule has 0 atom stereocenters. The molecular formula is C15H22ClN3O3. The number of amides is 2. The van der Waals surface area contributed by atoms with E-state index in [1.807, 2.05) is 0 Å². The SMILES string of the molecule is CC(C)(C)OC(=O)NCCC(=O)Nc1cc(Cl)cc(CN)c1. The summed E-state index contributed by atoms with van der Waals surface area (Å²) in [5.74, 6) is -0.235. The maximum Gasteiger partial charge on any atom is 0.407 e. The first-order valence-electron chi connectivity index (χ1n) is 6.96. The molecule has 4 N–H and O–H groups in total. The highest BCUT2D eigenvalue weighted by molar-refractivity contribution is 6.31. The molecule has 0 aliphatic carbocycles. The van der Waals surface area contributed by atoms with Crippen molar-refractivity contribution in [2.45, 2.75) is 39.3 Å². The van der Waals surface area contributed by atoms with Gasteiger partial charge in [0, 0.05) is 30.2 Å². The second kappa shape index (κ2) is 8.00. The number of nitrogens with two attached hydrogens (primary N) is 1. The van der Waals surface area contributed by atoms with Gasteiger partial charge in [-0.3, -0.25) is 4.79 Å². The fourth-order valence-corrected chi connectivity index (χ4v) is 1.91. The molecule has 0 spiro atoms. The Kier molecular flexibility index (Phi) is 6.64. The van der Waals surface area contributed by atoms with Crippen LogP contribution in [0.25, 0.3) is 0 Å². The molecule has 0 aliphatic rings. The fraction of sp³-hybridized carbons (Fsp3) is 0.467. The van der Waals surface area contributed by atoms with Crippen LogP contribution in [0.2, 0.25) is 5.02 Å². The van der Waals surface area contributed by atoms with Gasteiger partial charge in [-0.15, -0.1) is 0 Å². The molecule has 0 aliphatic heterocycles. The van der Waals surface area contributed by atoms with Crippen molar-refractivity contribution in [1.29, 1.82) is 0 Å². The van der Waals surface area contributed by atoms with E-state index in [1.54, 1.807) is 39.0 Å². The van der Waals surface area contributed by atoms with E-state index >= 15 is 0 Å². The number of hydrogen-bond donors (Lipinski definition) is 3. The molecular weight excluding hydrogens is 306 g/mol. The summed E-state index contributed by atoms with van der Waals surface area (Å²) in [6.45, 7) is 5.84. The second-order valence-electron chi connectivity index (χ2n) is 5.78. The van der Waals surface area contributed by atoms with E-state index < -0.39 is 11.7 Å². The molecule has 0 unspecified atom stereocenters. The number of hydrogen-bond acceptors (Lipinski definition) is 4. The summed E-state index contributed by atoms with van der Waals surface area (Å²) < 4.78 is 5.07. The van der Waals surface area contributed by atoms with Crippen LogP contribution in [0.3, 0.4) is 0 Å². The van der Waals surface area contributed by atoms with E-state index in [4.69, 9.17) is 22.1 Å². The molecule has 0 heterocycles. The highest BCUT2D eigenvalue weighted by Crippen LogP contribution is 2.19. The molecule has 22 heavy (non-hydrogen) atoms. The maximum absolute atomic E-state index is 11.8. The molecule has 1 aromatic carbocycles. The van der Waals surface area contributed by atoms with Crippen molar-refractivity contribution in [3.05, 3.63) is 28.8 Å². The van der Waals surface area contributed by atoms with E-state index in [0.717, 1.165) is 5.56 Å². The third-order valence-electron chi connectivity index (χ3n) is 2.50. The number of rotatable bonds is 5. The van der Waals surface area contributed by atoms with Crippen molar-refractivity contribution < 1.29 is 14.3 Å². The van der Waals surface area contributed by atoms with Crippen LogP contribution in [0.4, 0.5) is 10.5 Å². The Morgan fingerprint density at radius 2 is 1.95 bits per heavy atom. The van der Waals surface area contributed by atoms with Gasteiger partial charge in [0.15, 0.2) is 0 Å². The topological polar surface area (TPSA) is 93.4 Å². The predicted molar refractivity (Wildman–Crippen MR) is 86.8 cm³/mol. The largest absolute Gasteiger partial charge is 0.444 e. The molecule has 0 fully saturated rings. The Labute approximate surface area is 135 Å². The number of halogens is 1. The average Bonchev–Trinajstić information content (AvgIpc) is 2.35. The van der Waals surface area contributed by atoms with Gasteiger partial charge in [-0.25, -0.2) is 4.79 Å². The van der Waals surface area contributed by atoms with Gasteiger partial charge in [0.1, 0.15) is 5.60 Å². The second-order valence-corrected chi connectivity index (χ2v) is 6.22. The minimum Gasteiger partial charge on any atom is -0.444 e. The number of anilines is 1. The van der Waals surface area contributed by atoms with Gasteiger partial charge in [-0.1, -0.05) is 11.6 Å². The summed E-state index contributed by atoms with van der Waals surface area (Å²) in [6.07, 6.45) is -0.419. The molecule has 0 saturated heterocycles. The Hall–Kier alpha value is -1.79. The Balaban J connectivity index is 2.41. The van der Waals surface area contributed by atoms with Crippen LogP contribution >= 0.6 is 11.6 Å². The van der Waals surface area contributed by atoms with Gasteiger partial charge in [0.05, 0.1) is 0 Å². The van der Waals surface area contributed by atoms with Crippen LogP contribution in [0.5, 0.6) is 0 Å². The smallest absolute Gasteiger partial charge is 0.407 e. The Bertz CT molecular complexity index is 541. The lowest BCUT2D eigenvalue weighted by molar-refractivity contribution is -0.116. The molecule has 7 heteroatoms. The summed E-state index contributed by atoms with van der Waals surface area (Å²) in [5.41, 5.74) is 6.39. The summed E-state index contributed by atoms with van der Waals surface area (Å²) in [6, 6.07) is 5.13. The van der Waals surface area contributed by atoms with E-state index in [-0.39, 0.29) is 18.9 Å². The molecule has 122 valence electrons. The Morgan fingerprint density at radius 3 is 2.55 bits per heavy atom. The summed E-state index contributed by atoms with van der Waals surface area (Å²) in [5, 5.41) is 5.73. The third kappa shape index (κ3) is 7.28. The van der Waals surface area contributed by atoms with Gasteiger partial charge in [-0.2, -0.15) is 0 Å². The summed E-state index contributed by atoms with van der Waals surface area (Å²) in [7, 11) is 0. The van der Waals surface area contributed by atoms with Gasteiger partial charge in [0.25, 0.3) is 0 Å². The van der Waals surface area contributed by atoms with Crippen LogP contribution in [-0.4, -0.2) is 24.1 Å². The highest BCUT2D eigenvalue weighted by Gasteiger charge is 2.15. The van der Waals surface area contributed by atoms with Crippen LogP contribution in [0.15, 0.2) is 18.2 Å². The summed E-state index contributed by atoms with van der Waals surface area (Å²) in [4.78, 5) is 23.2. The zero-order valence-electron chi connectivity index (χ0n) is 13.0. The molecule has 6 nitrogen and oxygen atoms in total. The van der Waals surface area contributed by atoms with Crippen molar-refractivity contribution in [2.75, 3.05) is 11.9 Å². The third-order valence-corrected chi connectivity index (χ3v) is 2.72. The predicted octanol–water partition coefficient (Wildman–Crippen LogP) is 2.65. The first-order chi connectivity index (χ1) is 10.2. The van der Waals surface area contributed by atoms with Gasteiger partial charge in [-0.05, 0) is 44.5 Å². The van der Waals surface area contributed by atoms with Crippen molar-refractivity contribution in [2.24, 2.45) is 5.73 Å². The number of carbonyl (C=O) groups excluding carboxylic acids is 2. The standard InChI is InChI=1S/C15H22ClN3O3/c1-15(2,3)22-14(21)18-5-4-13(20)19-12-7-10(9-17)6-11(16)8-12/h6-8H,4-5,9,17H2,1-3H3,(H,18,21)(H,19,20). The first-order valence-corrected chi connectivity index (χ1v) is 7.33. The lowest BCUT2D eigenvalue weighted by atomic mass is 10.2.